The van der Waals surface area contributed by atoms with Gasteiger partial charge in [-0.2, -0.15) is 0 Å². The van der Waals surface area contributed by atoms with Gasteiger partial charge < -0.3 is 22.1 Å². The lowest BCUT2D eigenvalue weighted by molar-refractivity contribution is 0.456. The molecule has 6 heteroatoms. The largest absolute Gasteiger partial charge is 0.399 e. The van der Waals surface area contributed by atoms with Crippen molar-refractivity contribution in [2.75, 3.05) is 12.3 Å². The van der Waals surface area contributed by atoms with Crippen LogP contribution in [0.15, 0.2) is 29.3 Å². The summed E-state index contributed by atoms with van der Waals surface area (Å²) in [6, 6.07) is 7.12. The molecular formula is C12H18N6. The number of benzene rings is 1. The molecule has 7 N–H and O–H groups in total. The van der Waals surface area contributed by atoms with Gasteiger partial charge in [0, 0.05) is 12.2 Å². The summed E-state index contributed by atoms with van der Waals surface area (Å²) in [5.41, 5.74) is 18.6. The number of amidine groups is 1. The Morgan fingerprint density at radius 3 is 2.56 bits per heavy atom. The molecule has 96 valence electrons. The topological polar surface area (TPSA) is 118 Å². The quantitative estimate of drug-likeness (QED) is 0.347. The van der Waals surface area contributed by atoms with Gasteiger partial charge in [-0.3, -0.25) is 5.41 Å². The number of hydrogen-bond donors (Lipinski definition) is 4. The molecule has 0 aliphatic carbocycles. The number of likely N-dealkylation sites (tertiary alicyclic amines) is 1. The third kappa shape index (κ3) is 2.53. The smallest absolute Gasteiger partial charge is 0.189 e. The van der Waals surface area contributed by atoms with Crippen LogP contribution in [0.5, 0.6) is 0 Å². The first-order valence-electron chi connectivity index (χ1n) is 5.88. The fourth-order valence-electron chi connectivity index (χ4n) is 2.13. The van der Waals surface area contributed by atoms with Crippen LogP contribution in [-0.2, 0) is 0 Å². The Hall–Kier alpha value is -2.24. The highest BCUT2D eigenvalue weighted by Gasteiger charge is 2.28. The average Bonchev–Trinajstić information content (AvgIpc) is 2.81. The van der Waals surface area contributed by atoms with Crippen LogP contribution in [0.4, 0.5) is 11.4 Å². The number of nitrogens with zero attached hydrogens (tertiary/aromatic N) is 2. The Balaban J connectivity index is 2.17. The first kappa shape index (κ1) is 12.2. The number of nitrogens with one attached hydrogen (secondary N) is 1. The van der Waals surface area contributed by atoms with E-state index in [4.69, 9.17) is 22.6 Å². The van der Waals surface area contributed by atoms with Gasteiger partial charge in [-0.05, 0) is 37.1 Å². The number of nitrogen functional groups attached to an aromatic ring is 1. The minimum absolute atomic E-state index is 0.0490. The summed E-state index contributed by atoms with van der Waals surface area (Å²) in [5, 5.41) is 7.50. The molecule has 0 amide bonds. The van der Waals surface area contributed by atoms with Crippen LogP contribution in [0.1, 0.15) is 12.8 Å². The maximum atomic E-state index is 7.50. The molecular weight excluding hydrogens is 228 g/mol. The normalized spacial score (nSPS) is 20.1. The molecule has 1 aliphatic rings. The number of rotatable bonds is 2. The van der Waals surface area contributed by atoms with Crippen LogP contribution in [0, 0.1) is 5.41 Å². The van der Waals surface area contributed by atoms with E-state index in [1.165, 1.54) is 0 Å². The van der Waals surface area contributed by atoms with Crippen molar-refractivity contribution in [3.05, 3.63) is 24.3 Å². The van der Waals surface area contributed by atoms with Crippen molar-refractivity contribution in [1.82, 2.24) is 4.90 Å². The zero-order valence-electron chi connectivity index (χ0n) is 10.1. The zero-order valence-corrected chi connectivity index (χ0v) is 10.1. The van der Waals surface area contributed by atoms with Gasteiger partial charge in [-0.1, -0.05) is 0 Å². The van der Waals surface area contributed by atoms with E-state index in [1.807, 2.05) is 12.1 Å². The second-order valence-corrected chi connectivity index (χ2v) is 4.36. The van der Waals surface area contributed by atoms with Crippen LogP contribution in [0.25, 0.3) is 0 Å². The van der Waals surface area contributed by atoms with E-state index in [0.717, 1.165) is 25.1 Å². The van der Waals surface area contributed by atoms with Gasteiger partial charge in [0.1, 0.15) is 5.84 Å². The van der Waals surface area contributed by atoms with Crippen LogP contribution < -0.4 is 17.2 Å². The molecule has 1 fully saturated rings. The van der Waals surface area contributed by atoms with Gasteiger partial charge in [0.2, 0.25) is 0 Å². The first-order valence-corrected chi connectivity index (χ1v) is 5.88. The molecule has 0 aromatic heterocycles. The Labute approximate surface area is 106 Å². The second-order valence-electron chi connectivity index (χ2n) is 4.36. The maximum absolute atomic E-state index is 7.50. The van der Waals surface area contributed by atoms with Gasteiger partial charge in [0.25, 0.3) is 0 Å². The van der Waals surface area contributed by atoms with Crippen LogP contribution in [0.2, 0.25) is 0 Å². The molecule has 1 atom stereocenters. The highest BCUT2D eigenvalue weighted by atomic mass is 15.3. The Morgan fingerprint density at radius 1 is 1.28 bits per heavy atom. The molecule has 1 heterocycles. The summed E-state index contributed by atoms with van der Waals surface area (Å²) in [5.74, 6) is 0.542. The number of anilines is 1. The summed E-state index contributed by atoms with van der Waals surface area (Å²) in [6.45, 7) is 0.762. The van der Waals surface area contributed by atoms with E-state index in [-0.39, 0.29) is 12.0 Å². The minimum Gasteiger partial charge on any atom is -0.399 e. The second kappa shape index (κ2) is 4.95. The van der Waals surface area contributed by atoms with Crippen LogP contribution >= 0.6 is 0 Å². The van der Waals surface area contributed by atoms with Gasteiger partial charge in [-0.15, -0.1) is 0 Å². The van der Waals surface area contributed by atoms with Gasteiger partial charge in [-0.25, -0.2) is 4.99 Å². The van der Waals surface area contributed by atoms with E-state index in [1.54, 1.807) is 17.0 Å². The maximum Gasteiger partial charge on any atom is 0.189 e. The predicted octanol–water partition coefficient (Wildman–Crippen LogP) is 0.615. The lowest BCUT2D eigenvalue weighted by Gasteiger charge is -2.24. The summed E-state index contributed by atoms with van der Waals surface area (Å²) in [7, 11) is 0. The summed E-state index contributed by atoms with van der Waals surface area (Å²) < 4.78 is 0. The van der Waals surface area contributed by atoms with Crippen LogP contribution in [0.3, 0.4) is 0 Å². The Morgan fingerprint density at radius 2 is 1.94 bits per heavy atom. The molecule has 6 nitrogen and oxygen atoms in total. The number of nitrogens with two attached hydrogens (primary N) is 3. The van der Waals surface area contributed by atoms with E-state index < -0.39 is 0 Å². The van der Waals surface area contributed by atoms with Crippen molar-refractivity contribution in [2.45, 2.75) is 18.9 Å². The first-order chi connectivity index (χ1) is 8.58. The monoisotopic (exact) mass is 246 g/mol. The average molecular weight is 246 g/mol. The van der Waals surface area contributed by atoms with Gasteiger partial charge in [0.15, 0.2) is 5.96 Å². The molecule has 1 unspecified atom stereocenters. The Kier molecular flexibility index (Phi) is 3.36. The SMILES string of the molecule is N=C(N)N1CCCC1C(N)=Nc1ccc(N)cc1. The number of aliphatic imine (C=N–C) groups is 1. The molecule has 1 aromatic rings. The van der Waals surface area contributed by atoms with E-state index in [2.05, 4.69) is 4.99 Å². The van der Waals surface area contributed by atoms with Gasteiger partial charge in [0.05, 0.1) is 11.7 Å². The molecule has 0 saturated carbocycles. The lowest BCUT2D eigenvalue weighted by atomic mass is 10.2. The van der Waals surface area contributed by atoms with E-state index in [0.29, 0.717) is 11.5 Å². The molecule has 2 rings (SSSR count). The van der Waals surface area contributed by atoms with Crippen molar-refractivity contribution in [2.24, 2.45) is 16.5 Å². The molecule has 1 aliphatic heterocycles. The fourth-order valence-corrected chi connectivity index (χ4v) is 2.13. The molecule has 0 radical (unpaired) electrons. The van der Waals surface area contributed by atoms with Crippen molar-refractivity contribution < 1.29 is 0 Å². The summed E-state index contributed by atoms with van der Waals surface area (Å²) in [6.07, 6.45) is 1.85. The molecule has 1 aromatic carbocycles. The predicted molar refractivity (Wildman–Crippen MR) is 73.8 cm³/mol. The van der Waals surface area contributed by atoms with E-state index in [9.17, 15) is 0 Å². The fraction of sp³-hybridized carbons (Fsp3) is 0.333. The van der Waals surface area contributed by atoms with E-state index >= 15 is 0 Å². The van der Waals surface area contributed by atoms with Gasteiger partial charge >= 0.3 is 0 Å². The standard InChI is InChI=1S/C12H18N6/c13-8-3-5-9(6-4-8)17-11(14)10-2-1-7-18(10)12(15)16/h3-6,10H,1-2,7,13H2,(H2,14,17)(H3,15,16). The molecule has 18 heavy (non-hydrogen) atoms. The third-order valence-corrected chi connectivity index (χ3v) is 3.05. The number of hydrogen-bond acceptors (Lipinski definition) is 3. The van der Waals surface area contributed by atoms with Crippen molar-refractivity contribution in [3.63, 3.8) is 0 Å². The summed E-state index contributed by atoms with van der Waals surface area (Å²) in [4.78, 5) is 6.13. The molecule has 0 spiro atoms. The van der Waals surface area contributed by atoms with Crippen molar-refractivity contribution in [3.8, 4) is 0 Å². The molecule has 1 saturated heterocycles. The third-order valence-electron chi connectivity index (χ3n) is 3.05. The molecule has 0 bridgehead atoms. The zero-order chi connectivity index (χ0) is 13.1. The van der Waals surface area contributed by atoms with Crippen molar-refractivity contribution >= 4 is 23.2 Å². The highest BCUT2D eigenvalue weighted by molar-refractivity contribution is 5.92. The van der Waals surface area contributed by atoms with Crippen LogP contribution in [-0.4, -0.2) is 29.3 Å². The number of guanidine groups is 1. The van der Waals surface area contributed by atoms with Crippen molar-refractivity contribution in [1.29, 1.82) is 5.41 Å². The minimum atomic E-state index is -0.0694. The lowest BCUT2D eigenvalue weighted by Crippen LogP contribution is -2.46. The highest BCUT2D eigenvalue weighted by Crippen LogP contribution is 2.19. The Bertz CT molecular complexity index is 464. The summed E-state index contributed by atoms with van der Waals surface area (Å²) >= 11 is 0.